The maximum atomic E-state index is 5.88. The van der Waals surface area contributed by atoms with Crippen LogP contribution >= 0.6 is 0 Å². The lowest BCUT2D eigenvalue weighted by Crippen LogP contribution is -2.10. The van der Waals surface area contributed by atoms with E-state index >= 15 is 0 Å². The molecule has 1 aromatic carbocycles. The van der Waals surface area contributed by atoms with E-state index in [2.05, 4.69) is 45.3 Å². The first-order chi connectivity index (χ1) is 10.0. The molecule has 21 heavy (non-hydrogen) atoms. The molecule has 0 saturated heterocycles. The summed E-state index contributed by atoms with van der Waals surface area (Å²) in [6, 6.07) is 8.05. The zero-order valence-electron chi connectivity index (χ0n) is 12.7. The Kier molecular flexibility index (Phi) is 3.41. The highest BCUT2D eigenvalue weighted by Gasteiger charge is 2.27. The van der Waals surface area contributed by atoms with E-state index in [0.29, 0.717) is 11.7 Å². The lowest BCUT2D eigenvalue weighted by Gasteiger charge is -2.17. The Morgan fingerprint density at radius 3 is 2.62 bits per heavy atom. The molecule has 110 valence electrons. The molecule has 0 spiro atoms. The van der Waals surface area contributed by atoms with Crippen molar-refractivity contribution >= 4 is 23.0 Å². The Balaban J connectivity index is 1.88. The van der Waals surface area contributed by atoms with Crippen LogP contribution in [0.25, 0.3) is 0 Å². The van der Waals surface area contributed by atoms with Crippen LogP contribution in [0.1, 0.15) is 30.1 Å². The van der Waals surface area contributed by atoms with E-state index < -0.39 is 0 Å². The SMILES string of the molecule is Cc1ccc(Nc2cc(N)nc(C3CC3)n2)cc1N(C)C. The van der Waals surface area contributed by atoms with E-state index in [4.69, 9.17) is 5.73 Å². The second kappa shape index (κ2) is 5.24. The molecule has 1 saturated carbocycles. The van der Waals surface area contributed by atoms with Crippen LogP contribution in [0.2, 0.25) is 0 Å². The second-order valence-electron chi connectivity index (χ2n) is 5.83. The van der Waals surface area contributed by atoms with Gasteiger partial charge in [0.2, 0.25) is 0 Å². The molecule has 3 rings (SSSR count). The summed E-state index contributed by atoms with van der Waals surface area (Å²) < 4.78 is 0. The molecule has 1 aromatic heterocycles. The van der Waals surface area contributed by atoms with Crippen molar-refractivity contribution in [3.63, 3.8) is 0 Å². The summed E-state index contributed by atoms with van der Waals surface area (Å²) in [6.07, 6.45) is 2.33. The number of aromatic nitrogens is 2. The molecule has 3 N–H and O–H groups in total. The first kappa shape index (κ1) is 13.7. The van der Waals surface area contributed by atoms with E-state index in [-0.39, 0.29) is 0 Å². The normalized spacial score (nSPS) is 14.0. The second-order valence-corrected chi connectivity index (χ2v) is 5.83. The van der Waals surface area contributed by atoms with Crippen molar-refractivity contribution in [1.82, 2.24) is 9.97 Å². The van der Waals surface area contributed by atoms with E-state index in [1.165, 1.54) is 11.3 Å². The number of anilines is 4. The predicted octanol–water partition coefficient (Wildman–Crippen LogP) is 3.05. The van der Waals surface area contributed by atoms with Gasteiger partial charge in [0, 0.05) is 37.5 Å². The average Bonchev–Trinajstić information content (AvgIpc) is 3.24. The fourth-order valence-corrected chi connectivity index (χ4v) is 2.39. The number of nitrogens with two attached hydrogens (primary N) is 1. The number of nitrogen functional groups attached to an aromatic ring is 1. The van der Waals surface area contributed by atoms with Crippen molar-refractivity contribution in [3.05, 3.63) is 35.7 Å². The first-order valence-electron chi connectivity index (χ1n) is 7.22. The van der Waals surface area contributed by atoms with E-state index in [1.807, 2.05) is 14.1 Å². The van der Waals surface area contributed by atoms with Crippen LogP contribution in [0, 0.1) is 6.92 Å². The number of benzene rings is 1. The number of aryl methyl sites for hydroxylation is 1. The molecule has 5 heteroatoms. The van der Waals surface area contributed by atoms with Gasteiger partial charge in [0.05, 0.1) is 0 Å². The minimum atomic E-state index is 0.490. The van der Waals surface area contributed by atoms with Gasteiger partial charge in [-0.1, -0.05) is 6.07 Å². The molecule has 0 unspecified atom stereocenters. The molecule has 0 radical (unpaired) electrons. The van der Waals surface area contributed by atoms with Crippen molar-refractivity contribution in [2.45, 2.75) is 25.7 Å². The molecule has 2 aromatic rings. The lowest BCUT2D eigenvalue weighted by atomic mass is 10.1. The average molecular weight is 283 g/mol. The summed E-state index contributed by atoms with van der Waals surface area (Å²) >= 11 is 0. The zero-order valence-corrected chi connectivity index (χ0v) is 12.7. The van der Waals surface area contributed by atoms with Crippen LogP contribution in [0.4, 0.5) is 23.0 Å². The first-order valence-corrected chi connectivity index (χ1v) is 7.22. The van der Waals surface area contributed by atoms with Crippen molar-refractivity contribution in [2.24, 2.45) is 0 Å². The molecule has 1 fully saturated rings. The molecular formula is C16H21N5. The number of rotatable bonds is 4. The summed E-state index contributed by atoms with van der Waals surface area (Å²) in [5, 5.41) is 3.33. The Morgan fingerprint density at radius 2 is 1.95 bits per heavy atom. The lowest BCUT2D eigenvalue weighted by molar-refractivity contribution is 0.936. The van der Waals surface area contributed by atoms with Gasteiger partial charge >= 0.3 is 0 Å². The highest BCUT2D eigenvalue weighted by atomic mass is 15.1. The van der Waals surface area contributed by atoms with Crippen molar-refractivity contribution < 1.29 is 0 Å². The van der Waals surface area contributed by atoms with Gasteiger partial charge in [-0.25, -0.2) is 9.97 Å². The Bertz CT molecular complexity index is 662. The summed E-state index contributed by atoms with van der Waals surface area (Å²) in [5.74, 6) is 2.63. The van der Waals surface area contributed by atoms with Gasteiger partial charge in [0.1, 0.15) is 17.5 Å². The topological polar surface area (TPSA) is 67.1 Å². The van der Waals surface area contributed by atoms with Gasteiger partial charge < -0.3 is 16.0 Å². The highest BCUT2D eigenvalue weighted by molar-refractivity contribution is 5.66. The minimum Gasteiger partial charge on any atom is -0.384 e. The molecule has 5 nitrogen and oxygen atoms in total. The summed E-state index contributed by atoms with van der Waals surface area (Å²) in [6.45, 7) is 2.10. The number of hydrogen-bond donors (Lipinski definition) is 2. The molecule has 1 aliphatic rings. The third-order valence-electron chi connectivity index (χ3n) is 3.67. The number of nitrogens with one attached hydrogen (secondary N) is 1. The largest absolute Gasteiger partial charge is 0.384 e. The van der Waals surface area contributed by atoms with Gasteiger partial charge in [0.25, 0.3) is 0 Å². The van der Waals surface area contributed by atoms with Crippen LogP contribution in [0.3, 0.4) is 0 Å². The molecule has 1 heterocycles. The van der Waals surface area contributed by atoms with Crippen LogP contribution in [-0.2, 0) is 0 Å². The Morgan fingerprint density at radius 1 is 1.19 bits per heavy atom. The third kappa shape index (κ3) is 3.07. The summed E-state index contributed by atoms with van der Waals surface area (Å²) in [7, 11) is 4.08. The van der Waals surface area contributed by atoms with Crippen LogP contribution in [0.15, 0.2) is 24.3 Å². The Hall–Kier alpha value is -2.30. The Labute approximate surface area is 125 Å². The van der Waals surface area contributed by atoms with E-state index in [1.54, 1.807) is 6.07 Å². The molecule has 0 atom stereocenters. The fraction of sp³-hybridized carbons (Fsp3) is 0.375. The van der Waals surface area contributed by atoms with Gasteiger partial charge in [-0.05, 0) is 37.5 Å². The minimum absolute atomic E-state index is 0.490. The van der Waals surface area contributed by atoms with Crippen LogP contribution in [-0.4, -0.2) is 24.1 Å². The van der Waals surface area contributed by atoms with Gasteiger partial charge in [-0.3, -0.25) is 0 Å². The smallest absolute Gasteiger partial charge is 0.136 e. The monoisotopic (exact) mass is 283 g/mol. The maximum Gasteiger partial charge on any atom is 0.136 e. The standard InChI is InChI=1S/C16H21N5/c1-10-4-7-12(8-13(10)21(2)3)18-15-9-14(17)19-16(20-15)11-5-6-11/h4,7-9,11H,5-6H2,1-3H3,(H3,17,18,19,20). The zero-order chi connectivity index (χ0) is 15.0. The van der Waals surface area contributed by atoms with E-state index in [0.717, 1.165) is 30.2 Å². The molecule has 0 aliphatic heterocycles. The van der Waals surface area contributed by atoms with Gasteiger partial charge in [0.15, 0.2) is 0 Å². The quantitative estimate of drug-likeness (QED) is 0.902. The van der Waals surface area contributed by atoms with Gasteiger partial charge in [-0.2, -0.15) is 0 Å². The molecular weight excluding hydrogens is 262 g/mol. The van der Waals surface area contributed by atoms with Crippen LogP contribution < -0.4 is 16.0 Å². The highest BCUT2D eigenvalue weighted by Crippen LogP contribution is 2.38. The fourth-order valence-electron chi connectivity index (χ4n) is 2.39. The summed E-state index contributed by atoms with van der Waals surface area (Å²) in [4.78, 5) is 11.0. The van der Waals surface area contributed by atoms with Gasteiger partial charge in [-0.15, -0.1) is 0 Å². The summed E-state index contributed by atoms with van der Waals surface area (Å²) in [5.41, 5.74) is 9.31. The van der Waals surface area contributed by atoms with Crippen molar-refractivity contribution in [2.75, 3.05) is 30.0 Å². The van der Waals surface area contributed by atoms with Crippen molar-refractivity contribution in [1.29, 1.82) is 0 Å². The van der Waals surface area contributed by atoms with Crippen molar-refractivity contribution in [3.8, 4) is 0 Å². The number of nitrogens with zero attached hydrogens (tertiary/aromatic N) is 3. The third-order valence-corrected chi connectivity index (χ3v) is 3.67. The van der Waals surface area contributed by atoms with Crippen LogP contribution in [0.5, 0.6) is 0 Å². The van der Waals surface area contributed by atoms with E-state index in [9.17, 15) is 0 Å². The molecule has 1 aliphatic carbocycles. The predicted molar refractivity (Wildman–Crippen MR) is 87.2 cm³/mol. The maximum absolute atomic E-state index is 5.88. The molecule has 0 amide bonds. The number of hydrogen-bond acceptors (Lipinski definition) is 5. The molecule has 0 bridgehead atoms.